The van der Waals surface area contributed by atoms with Gasteiger partial charge in [-0.3, -0.25) is 9.69 Å². The van der Waals surface area contributed by atoms with Crippen molar-refractivity contribution in [2.24, 2.45) is 5.92 Å². The maximum absolute atomic E-state index is 12.8. The summed E-state index contributed by atoms with van der Waals surface area (Å²) in [5.74, 6) is -0.785. The Hall–Kier alpha value is -2.08. The van der Waals surface area contributed by atoms with Crippen LogP contribution in [0.25, 0.3) is 0 Å². The molecule has 2 atom stereocenters. The van der Waals surface area contributed by atoms with E-state index in [-0.39, 0.29) is 17.6 Å². The summed E-state index contributed by atoms with van der Waals surface area (Å²) in [7, 11) is 0. The number of carbonyl (C=O) groups excluding carboxylic acids is 3. The second kappa shape index (κ2) is 6.43. The van der Waals surface area contributed by atoms with Crippen LogP contribution in [0.5, 0.6) is 5.75 Å². The van der Waals surface area contributed by atoms with Crippen LogP contribution in [0.4, 0.5) is 4.79 Å². The van der Waals surface area contributed by atoms with E-state index < -0.39 is 24.1 Å². The van der Waals surface area contributed by atoms with Gasteiger partial charge < -0.3 is 10.1 Å². The number of halogens is 1. The normalized spacial score (nSPS) is 26.6. The summed E-state index contributed by atoms with van der Waals surface area (Å²) < 4.78 is 5.16. The van der Waals surface area contributed by atoms with Gasteiger partial charge in [-0.1, -0.05) is 43.5 Å². The Labute approximate surface area is 145 Å². The quantitative estimate of drug-likeness (QED) is 0.516. The first-order valence-electron chi connectivity index (χ1n) is 8.03. The highest BCUT2D eigenvalue weighted by Gasteiger charge is 2.55. The second-order valence-electron chi connectivity index (χ2n) is 6.34. The number of nitrogens with zero attached hydrogens (tertiary/aromatic N) is 1. The van der Waals surface area contributed by atoms with Gasteiger partial charge in [-0.05, 0) is 30.9 Å². The van der Waals surface area contributed by atoms with E-state index >= 15 is 0 Å². The lowest BCUT2D eigenvalue weighted by atomic mass is 9.73. The number of esters is 1. The van der Waals surface area contributed by atoms with Gasteiger partial charge in [-0.2, -0.15) is 0 Å². The van der Waals surface area contributed by atoms with Gasteiger partial charge >= 0.3 is 12.0 Å². The predicted octanol–water partition coefficient (Wildman–Crippen LogP) is 2.75. The van der Waals surface area contributed by atoms with E-state index in [1.807, 2.05) is 6.92 Å². The minimum Gasteiger partial charge on any atom is -0.424 e. The molecule has 0 radical (unpaired) electrons. The van der Waals surface area contributed by atoms with Crippen LogP contribution in [-0.4, -0.2) is 34.9 Å². The van der Waals surface area contributed by atoms with Crippen LogP contribution >= 0.6 is 11.6 Å². The molecule has 2 aliphatic rings. The monoisotopic (exact) mass is 350 g/mol. The molecule has 1 aromatic carbocycles. The number of imide groups is 1. The van der Waals surface area contributed by atoms with Crippen molar-refractivity contribution >= 4 is 29.5 Å². The first kappa shape index (κ1) is 16.8. The maximum Gasteiger partial charge on any atom is 0.331 e. The molecule has 7 heteroatoms. The van der Waals surface area contributed by atoms with Crippen LogP contribution in [0.1, 0.15) is 32.6 Å². The number of rotatable bonds is 3. The summed E-state index contributed by atoms with van der Waals surface area (Å²) in [6, 6.07) is 6.00. The lowest BCUT2D eigenvalue weighted by molar-refractivity contribution is -0.142. The van der Waals surface area contributed by atoms with Crippen LogP contribution in [-0.2, 0) is 9.59 Å². The molecule has 1 aliphatic heterocycles. The van der Waals surface area contributed by atoms with Gasteiger partial charge in [0.05, 0.1) is 5.02 Å². The Bertz CT molecular complexity index is 693. The number of urea groups is 1. The lowest BCUT2D eigenvalue weighted by Gasteiger charge is -2.36. The Balaban J connectivity index is 1.71. The highest BCUT2D eigenvalue weighted by molar-refractivity contribution is 6.32. The third-order valence-corrected chi connectivity index (χ3v) is 5.16. The number of ether oxygens (including phenoxy) is 1. The summed E-state index contributed by atoms with van der Waals surface area (Å²) in [5, 5.41) is 3.10. The first-order valence-corrected chi connectivity index (χ1v) is 8.41. The smallest absolute Gasteiger partial charge is 0.331 e. The van der Waals surface area contributed by atoms with Gasteiger partial charge in [0.15, 0.2) is 0 Å². The molecule has 6 nitrogen and oxygen atoms in total. The fourth-order valence-electron chi connectivity index (χ4n) is 3.45. The molecule has 1 saturated heterocycles. The number of amides is 3. The van der Waals surface area contributed by atoms with E-state index in [9.17, 15) is 14.4 Å². The van der Waals surface area contributed by atoms with E-state index in [1.54, 1.807) is 24.3 Å². The maximum atomic E-state index is 12.8. The zero-order chi connectivity index (χ0) is 17.3. The number of hydrogen-bond donors (Lipinski definition) is 1. The third kappa shape index (κ3) is 2.86. The van der Waals surface area contributed by atoms with Crippen LogP contribution < -0.4 is 10.1 Å². The fraction of sp³-hybridized carbons (Fsp3) is 0.471. The summed E-state index contributed by atoms with van der Waals surface area (Å²) >= 11 is 5.94. The molecule has 1 spiro atoms. The van der Waals surface area contributed by atoms with Gasteiger partial charge in [0.2, 0.25) is 0 Å². The van der Waals surface area contributed by atoms with E-state index in [0.717, 1.165) is 24.2 Å². The average Bonchev–Trinajstić information content (AvgIpc) is 2.78. The molecule has 2 unspecified atom stereocenters. The molecular formula is C17H19ClN2O4. The lowest BCUT2D eigenvalue weighted by Crippen LogP contribution is -2.54. The predicted molar refractivity (Wildman–Crippen MR) is 87.7 cm³/mol. The van der Waals surface area contributed by atoms with Crippen molar-refractivity contribution in [2.45, 2.75) is 38.1 Å². The van der Waals surface area contributed by atoms with Crippen molar-refractivity contribution in [3.05, 3.63) is 29.3 Å². The van der Waals surface area contributed by atoms with Crippen LogP contribution in [0.2, 0.25) is 5.02 Å². The average molecular weight is 351 g/mol. The van der Waals surface area contributed by atoms with Gasteiger partial charge in [-0.25, -0.2) is 9.59 Å². The van der Waals surface area contributed by atoms with Gasteiger partial charge in [0, 0.05) is 0 Å². The minimum absolute atomic E-state index is 0.0484. The topological polar surface area (TPSA) is 75.7 Å². The summed E-state index contributed by atoms with van der Waals surface area (Å²) in [5.41, 5.74) is -0.875. The molecule has 1 heterocycles. The molecule has 1 aromatic rings. The Morgan fingerprint density at radius 1 is 1.38 bits per heavy atom. The third-order valence-electron chi connectivity index (χ3n) is 4.85. The molecule has 1 saturated carbocycles. The first-order chi connectivity index (χ1) is 11.4. The second-order valence-corrected chi connectivity index (χ2v) is 6.75. The van der Waals surface area contributed by atoms with E-state index in [4.69, 9.17) is 16.3 Å². The van der Waals surface area contributed by atoms with Crippen molar-refractivity contribution < 1.29 is 19.1 Å². The number of benzene rings is 1. The number of para-hydroxylation sites is 1. The number of nitrogens with one attached hydrogen (secondary N) is 1. The van der Waals surface area contributed by atoms with E-state index in [2.05, 4.69) is 5.32 Å². The highest BCUT2D eigenvalue weighted by Crippen LogP contribution is 2.38. The summed E-state index contributed by atoms with van der Waals surface area (Å²) in [6.45, 7) is 1.53. The van der Waals surface area contributed by atoms with Gasteiger partial charge in [0.25, 0.3) is 5.91 Å². The van der Waals surface area contributed by atoms with Gasteiger partial charge in [0.1, 0.15) is 17.8 Å². The minimum atomic E-state index is -0.875. The standard InChI is InChI=1S/C17H19ClN2O4/c1-11-6-4-5-9-17(11)15(22)20(16(23)19-17)10-14(21)24-13-8-3-2-7-12(13)18/h2-3,7-8,11H,4-6,9-10H2,1H3,(H,19,23). The zero-order valence-corrected chi connectivity index (χ0v) is 14.1. The highest BCUT2D eigenvalue weighted by atomic mass is 35.5. The van der Waals surface area contributed by atoms with Crippen molar-refractivity contribution in [1.82, 2.24) is 10.2 Å². The molecule has 1 N–H and O–H groups in total. The van der Waals surface area contributed by atoms with Crippen molar-refractivity contribution in [1.29, 1.82) is 0 Å². The SMILES string of the molecule is CC1CCCCC12NC(=O)N(CC(=O)Oc1ccccc1Cl)C2=O. The Morgan fingerprint density at radius 2 is 2.12 bits per heavy atom. The van der Waals surface area contributed by atoms with E-state index in [0.29, 0.717) is 11.4 Å². The number of carbonyl (C=O) groups is 3. The summed E-state index contributed by atoms with van der Waals surface area (Å²) in [4.78, 5) is 38.0. The molecule has 0 bridgehead atoms. The Morgan fingerprint density at radius 3 is 2.83 bits per heavy atom. The molecule has 3 rings (SSSR count). The fourth-order valence-corrected chi connectivity index (χ4v) is 3.62. The molecular weight excluding hydrogens is 332 g/mol. The zero-order valence-electron chi connectivity index (χ0n) is 13.4. The summed E-state index contributed by atoms with van der Waals surface area (Å²) in [6.07, 6.45) is 3.41. The largest absolute Gasteiger partial charge is 0.424 e. The van der Waals surface area contributed by atoms with Crippen LogP contribution in [0, 0.1) is 5.92 Å². The molecule has 24 heavy (non-hydrogen) atoms. The van der Waals surface area contributed by atoms with Crippen LogP contribution in [0.3, 0.4) is 0 Å². The molecule has 128 valence electrons. The molecule has 3 amide bonds. The molecule has 0 aromatic heterocycles. The van der Waals surface area contributed by atoms with Crippen molar-refractivity contribution in [2.75, 3.05) is 6.54 Å². The Kier molecular flexibility index (Phi) is 4.49. The number of hydrogen-bond acceptors (Lipinski definition) is 4. The van der Waals surface area contributed by atoms with Crippen molar-refractivity contribution in [3.63, 3.8) is 0 Å². The molecule has 2 fully saturated rings. The van der Waals surface area contributed by atoms with Crippen molar-refractivity contribution in [3.8, 4) is 5.75 Å². The van der Waals surface area contributed by atoms with E-state index in [1.165, 1.54) is 0 Å². The molecule has 1 aliphatic carbocycles. The van der Waals surface area contributed by atoms with Gasteiger partial charge in [-0.15, -0.1) is 0 Å². The van der Waals surface area contributed by atoms with Crippen LogP contribution in [0.15, 0.2) is 24.3 Å².